The molecule has 0 atom stereocenters. The van der Waals surface area contributed by atoms with Crippen molar-refractivity contribution in [2.45, 2.75) is 6.92 Å². The van der Waals surface area contributed by atoms with Crippen LogP contribution in [-0.4, -0.2) is 42.1 Å². The number of benzene rings is 1. The zero-order chi connectivity index (χ0) is 20.1. The van der Waals surface area contributed by atoms with Crippen molar-refractivity contribution in [3.05, 3.63) is 59.9 Å². The predicted octanol–water partition coefficient (Wildman–Crippen LogP) is 3.25. The lowest BCUT2D eigenvalue weighted by molar-refractivity contribution is 0.102. The Morgan fingerprint density at radius 2 is 1.75 bits per heavy atom. The van der Waals surface area contributed by atoms with E-state index in [9.17, 15) is 4.79 Å². The van der Waals surface area contributed by atoms with E-state index in [2.05, 4.69) is 25.6 Å². The van der Waals surface area contributed by atoms with Crippen LogP contribution in [0.4, 0.5) is 23.1 Å². The van der Waals surface area contributed by atoms with Crippen LogP contribution in [0.25, 0.3) is 0 Å². The smallest absolute Gasteiger partial charge is 0.257 e. The number of aromatic nitrogens is 3. The van der Waals surface area contributed by atoms with Crippen molar-refractivity contribution in [3.63, 3.8) is 0 Å². The first kappa shape index (κ1) is 19.1. The normalized spacial score (nSPS) is 10.3. The van der Waals surface area contributed by atoms with E-state index in [0.717, 1.165) is 17.2 Å². The second kappa shape index (κ2) is 8.34. The first-order chi connectivity index (χ1) is 13.4. The maximum atomic E-state index is 12.3. The minimum absolute atomic E-state index is 0.242. The van der Waals surface area contributed by atoms with Gasteiger partial charge in [0.2, 0.25) is 11.8 Å². The molecule has 0 aliphatic rings. The van der Waals surface area contributed by atoms with Crippen molar-refractivity contribution in [2.75, 3.05) is 36.7 Å². The van der Waals surface area contributed by atoms with E-state index in [1.54, 1.807) is 24.3 Å². The Morgan fingerprint density at radius 3 is 2.36 bits per heavy atom. The average molecular weight is 378 g/mol. The van der Waals surface area contributed by atoms with Crippen molar-refractivity contribution < 1.29 is 9.53 Å². The molecule has 144 valence electrons. The lowest BCUT2D eigenvalue weighted by Crippen LogP contribution is -2.13. The highest BCUT2D eigenvalue weighted by atomic mass is 16.5. The molecule has 2 N–H and O–H groups in total. The summed E-state index contributed by atoms with van der Waals surface area (Å²) in [5.74, 6) is 1.56. The molecule has 0 saturated carbocycles. The van der Waals surface area contributed by atoms with Gasteiger partial charge in [0.05, 0.1) is 12.7 Å². The highest BCUT2D eigenvalue weighted by Crippen LogP contribution is 2.19. The zero-order valence-corrected chi connectivity index (χ0v) is 16.2. The van der Waals surface area contributed by atoms with E-state index < -0.39 is 0 Å². The summed E-state index contributed by atoms with van der Waals surface area (Å²) in [5, 5.41) is 6.01. The molecule has 0 bridgehead atoms. The first-order valence-electron chi connectivity index (χ1n) is 8.66. The minimum Gasteiger partial charge on any atom is -0.481 e. The summed E-state index contributed by atoms with van der Waals surface area (Å²) in [4.78, 5) is 27.1. The number of rotatable bonds is 6. The molecule has 8 nitrogen and oxygen atoms in total. The van der Waals surface area contributed by atoms with Crippen LogP contribution in [0.15, 0.2) is 48.7 Å². The van der Waals surface area contributed by atoms with Gasteiger partial charge in [-0.2, -0.15) is 4.98 Å². The predicted molar refractivity (Wildman–Crippen MR) is 110 cm³/mol. The number of carbonyl (C=O) groups is 1. The molecular formula is C20H22N6O2. The van der Waals surface area contributed by atoms with Gasteiger partial charge in [-0.05, 0) is 37.3 Å². The monoisotopic (exact) mass is 378 g/mol. The van der Waals surface area contributed by atoms with Crippen molar-refractivity contribution >= 4 is 29.0 Å². The first-order valence-corrected chi connectivity index (χ1v) is 8.66. The molecule has 0 unspecified atom stereocenters. The van der Waals surface area contributed by atoms with E-state index in [4.69, 9.17) is 4.74 Å². The van der Waals surface area contributed by atoms with Crippen LogP contribution in [0.1, 0.15) is 16.1 Å². The van der Waals surface area contributed by atoms with Crippen LogP contribution in [0.5, 0.6) is 5.88 Å². The molecule has 1 amide bonds. The highest BCUT2D eigenvalue weighted by molar-refractivity contribution is 6.04. The summed E-state index contributed by atoms with van der Waals surface area (Å²) in [5.41, 5.74) is 2.82. The van der Waals surface area contributed by atoms with Crippen LogP contribution in [0, 0.1) is 6.92 Å². The fourth-order valence-electron chi connectivity index (χ4n) is 2.44. The van der Waals surface area contributed by atoms with Crippen molar-refractivity contribution in [3.8, 4) is 5.88 Å². The van der Waals surface area contributed by atoms with Crippen LogP contribution in [0.3, 0.4) is 0 Å². The Kier molecular flexibility index (Phi) is 5.69. The van der Waals surface area contributed by atoms with Gasteiger partial charge in [0, 0.05) is 49.5 Å². The van der Waals surface area contributed by atoms with Gasteiger partial charge in [0.15, 0.2) is 0 Å². The quantitative estimate of drug-likeness (QED) is 0.680. The Balaban J connectivity index is 1.67. The van der Waals surface area contributed by atoms with Gasteiger partial charge in [0.1, 0.15) is 5.82 Å². The third-order valence-electron chi connectivity index (χ3n) is 3.91. The van der Waals surface area contributed by atoms with Gasteiger partial charge < -0.3 is 20.3 Å². The molecule has 3 aromatic rings. The van der Waals surface area contributed by atoms with Crippen molar-refractivity contribution in [2.24, 2.45) is 0 Å². The summed E-state index contributed by atoms with van der Waals surface area (Å²) in [7, 11) is 5.39. The number of nitrogens with one attached hydrogen (secondary N) is 2. The topological polar surface area (TPSA) is 92.3 Å². The summed E-state index contributed by atoms with van der Waals surface area (Å²) in [6.45, 7) is 1.92. The maximum absolute atomic E-state index is 12.3. The van der Waals surface area contributed by atoms with Crippen molar-refractivity contribution in [1.82, 2.24) is 15.0 Å². The fourth-order valence-corrected chi connectivity index (χ4v) is 2.44. The number of methoxy groups -OCH3 is 1. The number of hydrogen-bond donors (Lipinski definition) is 2. The Labute approximate surface area is 163 Å². The molecule has 0 spiro atoms. The number of amides is 1. The van der Waals surface area contributed by atoms with Crippen LogP contribution < -0.4 is 20.3 Å². The molecule has 2 aromatic heterocycles. The lowest BCUT2D eigenvalue weighted by atomic mass is 10.2. The molecular weight excluding hydrogens is 356 g/mol. The summed E-state index contributed by atoms with van der Waals surface area (Å²) >= 11 is 0. The van der Waals surface area contributed by atoms with Gasteiger partial charge in [-0.3, -0.25) is 4.79 Å². The van der Waals surface area contributed by atoms with Gasteiger partial charge in [-0.25, -0.2) is 9.97 Å². The number of pyridine rings is 1. The van der Waals surface area contributed by atoms with E-state index in [-0.39, 0.29) is 5.91 Å². The van der Waals surface area contributed by atoms with Crippen molar-refractivity contribution in [1.29, 1.82) is 0 Å². The fraction of sp³-hybridized carbons (Fsp3) is 0.200. The van der Waals surface area contributed by atoms with Gasteiger partial charge in [0.25, 0.3) is 5.91 Å². The van der Waals surface area contributed by atoms with E-state index in [1.807, 2.05) is 44.1 Å². The molecule has 0 saturated heterocycles. The van der Waals surface area contributed by atoms with Gasteiger partial charge >= 0.3 is 0 Å². The summed E-state index contributed by atoms with van der Waals surface area (Å²) < 4.78 is 4.99. The summed E-state index contributed by atoms with van der Waals surface area (Å²) in [6, 6.07) is 12.5. The Morgan fingerprint density at radius 1 is 1.04 bits per heavy atom. The number of ether oxygens (including phenoxy) is 1. The second-order valence-corrected chi connectivity index (χ2v) is 6.33. The number of hydrogen-bond acceptors (Lipinski definition) is 7. The molecule has 28 heavy (non-hydrogen) atoms. The molecule has 0 aliphatic carbocycles. The molecule has 1 aromatic carbocycles. The van der Waals surface area contributed by atoms with E-state index in [1.165, 1.54) is 13.3 Å². The largest absolute Gasteiger partial charge is 0.481 e. The molecule has 8 heteroatoms. The van der Waals surface area contributed by atoms with E-state index in [0.29, 0.717) is 23.1 Å². The Bertz CT molecular complexity index is 955. The second-order valence-electron chi connectivity index (χ2n) is 6.33. The van der Waals surface area contributed by atoms with Gasteiger partial charge in [-0.1, -0.05) is 0 Å². The molecule has 2 heterocycles. The van der Waals surface area contributed by atoms with Crippen LogP contribution >= 0.6 is 0 Å². The molecule has 0 radical (unpaired) electrons. The average Bonchev–Trinajstić information content (AvgIpc) is 2.69. The van der Waals surface area contributed by atoms with Crippen LogP contribution in [0.2, 0.25) is 0 Å². The van der Waals surface area contributed by atoms with Gasteiger partial charge in [-0.15, -0.1) is 0 Å². The maximum Gasteiger partial charge on any atom is 0.257 e. The highest BCUT2D eigenvalue weighted by Gasteiger charge is 2.08. The SMILES string of the molecule is COc1ccc(C(=O)Nc2ccc(Nc3nc(C)cc(N(C)C)n3)cc2)cn1. The van der Waals surface area contributed by atoms with Crippen LogP contribution in [-0.2, 0) is 0 Å². The third-order valence-corrected chi connectivity index (χ3v) is 3.91. The standard InChI is InChI=1S/C20H22N6O2/c1-13-11-17(26(2)3)25-20(22-13)24-16-8-6-15(7-9-16)23-19(27)14-5-10-18(28-4)21-12-14/h5-12H,1-4H3,(H,23,27)(H,22,24,25). The lowest BCUT2D eigenvalue weighted by Gasteiger charge is -2.14. The van der Waals surface area contributed by atoms with E-state index >= 15 is 0 Å². The molecule has 0 fully saturated rings. The number of aryl methyl sites for hydroxylation is 1. The number of nitrogens with zero attached hydrogens (tertiary/aromatic N) is 4. The summed E-state index contributed by atoms with van der Waals surface area (Å²) in [6.07, 6.45) is 1.47. The number of carbonyl (C=O) groups excluding carboxylic acids is 1. The minimum atomic E-state index is -0.242. The Hall–Kier alpha value is -3.68. The molecule has 3 rings (SSSR count). The third kappa shape index (κ3) is 4.73. The number of anilines is 4. The zero-order valence-electron chi connectivity index (χ0n) is 16.2. The molecule has 0 aliphatic heterocycles.